The molecule has 0 atom stereocenters. The highest BCUT2D eigenvalue weighted by Crippen LogP contribution is 2.03. The molecule has 13 heavy (non-hydrogen) atoms. The van der Waals surface area contributed by atoms with Crippen molar-refractivity contribution in [2.24, 2.45) is 0 Å². The van der Waals surface area contributed by atoms with Crippen molar-refractivity contribution in [1.82, 2.24) is 19.7 Å². The van der Waals surface area contributed by atoms with Crippen LogP contribution in [0.25, 0.3) is 5.95 Å². The fraction of sp³-hybridized carbons (Fsp3) is 0. The molecule has 0 unspecified atom stereocenters. The zero-order valence-electron chi connectivity index (χ0n) is 6.64. The maximum Gasteiger partial charge on any atom is 0.228 e. The van der Waals surface area contributed by atoms with Crippen LogP contribution in [0.1, 0.15) is 10.5 Å². The number of hydrogen-bond acceptors (Lipinski definition) is 4. The van der Waals surface area contributed by atoms with Crippen molar-refractivity contribution in [3.8, 4) is 5.95 Å². The monoisotopic (exact) mass is 177 g/mol. The van der Waals surface area contributed by atoms with Gasteiger partial charge in [0.2, 0.25) is 5.95 Å². The van der Waals surface area contributed by atoms with Crippen LogP contribution >= 0.6 is 0 Å². The Hall–Kier alpha value is -2.11. The highest BCUT2D eigenvalue weighted by molar-refractivity contribution is 5.71. The molecule has 0 radical (unpaired) electrons. The number of aromatic nitrogens is 4. The lowest BCUT2D eigenvalue weighted by Gasteiger charge is -1.92. The Morgan fingerprint density at radius 2 is 2.46 bits per heavy atom. The van der Waals surface area contributed by atoms with E-state index in [4.69, 9.17) is 5.73 Å². The van der Waals surface area contributed by atoms with Gasteiger partial charge in [0.15, 0.2) is 6.29 Å². The Morgan fingerprint density at radius 3 is 3.00 bits per heavy atom. The summed E-state index contributed by atoms with van der Waals surface area (Å²) in [6, 6.07) is 1.64. The normalized spacial score (nSPS) is 10.2. The molecule has 0 aliphatic rings. The smallest absolute Gasteiger partial charge is 0.228 e. The van der Waals surface area contributed by atoms with E-state index in [-0.39, 0.29) is 0 Å². The summed E-state index contributed by atoms with van der Waals surface area (Å²) in [6.45, 7) is 0. The van der Waals surface area contributed by atoms with Crippen LogP contribution in [0.15, 0.2) is 18.5 Å². The molecule has 66 valence electrons. The number of carbonyl (C=O) groups excluding carboxylic acids is 1. The highest BCUT2D eigenvalue weighted by atomic mass is 16.1. The summed E-state index contributed by atoms with van der Waals surface area (Å²) in [4.78, 5) is 17.0. The average molecular weight is 177 g/mol. The maximum atomic E-state index is 10.3. The molecule has 2 aromatic heterocycles. The van der Waals surface area contributed by atoms with E-state index in [2.05, 4.69) is 15.1 Å². The Morgan fingerprint density at radius 1 is 1.62 bits per heavy atom. The van der Waals surface area contributed by atoms with Crippen molar-refractivity contribution in [3.63, 3.8) is 0 Å². The second kappa shape index (κ2) is 2.74. The Kier molecular flexibility index (Phi) is 1.59. The van der Waals surface area contributed by atoms with Crippen LogP contribution in [0, 0.1) is 0 Å². The van der Waals surface area contributed by atoms with E-state index >= 15 is 0 Å². The van der Waals surface area contributed by atoms with Crippen LogP contribution in [0.4, 0.5) is 5.82 Å². The Labute approximate surface area is 73.4 Å². The van der Waals surface area contributed by atoms with Gasteiger partial charge in [-0.2, -0.15) is 0 Å². The van der Waals surface area contributed by atoms with E-state index in [0.29, 0.717) is 23.7 Å². The van der Waals surface area contributed by atoms with Crippen LogP contribution in [0.3, 0.4) is 0 Å². The van der Waals surface area contributed by atoms with Crippen LogP contribution < -0.4 is 5.73 Å². The molecule has 6 heteroatoms. The summed E-state index contributed by atoms with van der Waals surface area (Å²) in [7, 11) is 0. The van der Waals surface area contributed by atoms with Gasteiger partial charge >= 0.3 is 0 Å². The van der Waals surface area contributed by atoms with E-state index in [1.54, 1.807) is 12.3 Å². The van der Waals surface area contributed by atoms with Gasteiger partial charge < -0.3 is 10.7 Å². The average Bonchev–Trinajstić information content (AvgIpc) is 2.71. The molecule has 0 spiro atoms. The number of imidazole rings is 1. The van der Waals surface area contributed by atoms with Gasteiger partial charge in [-0.3, -0.25) is 4.79 Å². The fourth-order valence-electron chi connectivity index (χ4n) is 0.957. The third kappa shape index (κ3) is 1.28. The Bertz CT molecular complexity index is 430. The molecule has 0 aliphatic heterocycles. The number of aromatic amines is 1. The van der Waals surface area contributed by atoms with Gasteiger partial charge in [-0.05, 0) is 0 Å². The molecule has 2 heterocycles. The molecule has 0 amide bonds. The van der Waals surface area contributed by atoms with Gasteiger partial charge in [0.1, 0.15) is 5.82 Å². The number of carbonyl (C=O) groups is 1. The second-order valence-electron chi connectivity index (χ2n) is 2.47. The minimum atomic E-state index is 0.407. The highest BCUT2D eigenvalue weighted by Gasteiger charge is 2.02. The van der Waals surface area contributed by atoms with Gasteiger partial charge in [-0.25, -0.2) is 9.67 Å². The van der Waals surface area contributed by atoms with Crippen molar-refractivity contribution in [1.29, 1.82) is 0 Å². The maximum absolute atomic E-state index is 10.3. The largest absolute Gasteiger partial charge is 0.382 e. The molecule has 0 aliphatic carbocycles. The zero-order valence-corrected chi connectivity index (χ0v) is 6.64. The van der Waals surface area contributed by atoms with Crippen LogP contribution in [-0.4, -0.2) is 26.0 Å². The summed E-state index contributed by atoms with van der Waals surface area (Å²) in [6.07, 6.45) is 3.77. The molecule has 0 saturated carbocycles. The number of aldehydes is 1. The molecule has 0 bridgehead atoms. The first-order valence-corrected chi connectivity index (χ1v) is 3.61. The predicted molar refractivity (Wildman–Crippen MR) is 45.5 cm³/mol. The number of H-pyrrole nitrogens is 1. The standard InChI is InChI=1S/C7H7N5O/c8-6-1-2-12(11-6)7-9-3-5(4-13)10-7/h1-4H,(H2,8,11)(H,9,10). The van der Waals surface area contributed by atoms with Gasteiger partial charge in [-0.15, -0.1) is 5.10 Å². The summed E-state index contributed by atoms with van der Waals surface area (Å²) in [5.74, 6) is 0.878. The number of nitrogen functional groups attached to an aromatic ring is 1. The first-order valence-electron chi connectivity index (χ1n) is 3.61. The minimum Gasteiger partial charge on any atom is -0.382 e. The van der Waals surface area contributed by atoms with Crippen LogP contribution in [0.5, 0.6) is 0 Å². The van der Waals surface area contributed by atoms with Gasteiger partial charge in [0.05, 0.1) is 11.9 Å². The number of rotatable bonds is 2. The van der Waals surface area contributed by atoms with Crippen molar-refractivity contribution >= 4 is 12.1 Å². The molecule has 0 saturated heterocycles. The number of nitrogens with zero attached hydrogens (tertiary/aromatic N) is 3. The molecule has 0 aromatic carbocycles. The van der Waals surface area contributed by atoms with Crippen molar-refractivity contribution < 1.29 is 4.79 Å². The number of hydrogen-bond donors (Lipinski definition) is 2. The van der Waals surface area contributed by atoms with Crippen molar-refractivity contribution in [2.45, 2.75) is 0 Å². The lowest BCUT2D eigenvalue weighted by Crippen LogP contribution is -1.98. The molecular weight excluding hydrogens is 170 g/mol. The Balaban J connectivity index is 2.40. The lowest BCUT2D eigenvalue weighted by atomic mass is 10.6. The lowest BCUT2D eigenvalue weighted by molar-refractivity contribution is 0.111. The summed E-state index contributed by atoms with van der Waals surface area (Å²) < 4.78 is 1.46. The fourth-order valence-corrected chi connectivity index (χ4v) is 0.957. The minimum absolute atomic E-state index is 0.407. The van der Waals surface area contributed by atoms with Crippen molar-refractivity contribution in [3.05, 3.63) is 24.2 Å². The molecule has 6 nitrogen and oxygen atoms in total. The van der Waals surface area contributed by atoms with Gasteiger partial charge in [0.25, 0.3) is 0 Å². The van der Waals surface area contributed by atoms with Gasteiger partial charge in [0, 0.05) is 12.3 Å². The van der Waals surface area contributed by atoms with Crippen molar-refractivity contribution in [2.75, 3.05) is 5.73 Å². The second-order valence-corrected chi connectivity index (χ2v) is 2.47. The number of anilines is 1. The topological polar surface area (TPSA) is 89.6 Å². The molecule has 3 N–H and O–H groups in total. The molecule has 2 rings (SSSR count). The first-order chi connectivity index (χ1) is 6.29. The van der Waals surface area contributed by atoms with E-state index in [1.807, 2.05) is 0 Å². The van der Waals surface area contributed by atoms with E-state index in [9.17, 15) is 4.79 Å². The summed E-state index contributed by atoms with van der Waals surface area (Å²) >= 11 is 0. The molecular formula is C7H7N5O. The third-order valence-electron chi connectivity index (χ3n) is 1.54. The van der Waals surface area contributed by atoms with Gasteiger partial charge in [-0.1, -0.05) is 0 Å². The third-order valence-corrected chi connectivity index (χ3v) is 1.54. The van der Waals surface area contributed by atoms with Crippen LogP contribution in [-0.2, 0) is 0 Å². The number of nitrogens with two attached hydrogens (primary N) is 1. The first kappa shape index (κ1) is 7.53. The summed E-state index contributed by atoms with van der Waals surface area (Å²) in [5, 5.41) is 3.91. The predicted octanol–water partition coefficient (Wildman–Crippen LogP) is -0.00990. The van der Waals surface area contributed by atoms with E-state index in [1.165, 1.54) is 10.9 Å². The summed E-state index contributed by atoms with van der Waals surface area (Å²) in [5.41, 5.74) is 5.82. The SMILES string of the molecule is Nc1ccn(-c2ncc(C=O)[nH]2)n1. The van der Waals surface area contributed by atoms with Crippen LogP contribution in [0.2, 0.25) is 0 Å². The molecule has 0 fully saturated rings. The van der Waals surface area contributed by atoms with E-state index < -0.39 is 0 Å². The number of nitrogens with one attached hydrogen (secondary N) is 1. The van der Waals surface area contributed by atoms with E-state index in [0.717, 1.165) is 0 Å². The molecule has 2 aromatic rings. The zero-order chi connectivity index (χ0) is 9.26. The quantitative estimate of drug-likeness (QED) is 0.631.